The van der Waals surface area contributed by atoms with Gasteiger partial charge < -0.3 is 5.73 Å². The maximum atomic E-state index is 13.5. The predicted molar refractivity (Wildman–Crippen MR) is 66.8 cm³/mol. The molecule has 0 radical (unpaired) electrons. The minimum Gasteiger partial charge on any atom is -0.399 e. The summed E-state index contributed by atoms with van der Waals surface area (Å²) >= 11 is 1.48. The summed E-state index contributed by atoms with van der Waals surface area (Å²) in [7, 11) is 0. The molecule has 0 heterocycles. The minimum absolute atomic E-state index is 0.249. The molecule has 2 aromatic rings. The van der Waals surface area contributed by atoms with E-state index in [4.69, 9.17) is 5.73 Å². The van der Waals surface area contributed by atoms with E-state index < -0.39 is 0 Å². The summed E-state index contributed by atoms with van der Waals surface area (Å²) in [5, 5.41) is 0. The molecular formula is C13H12FNS. The second kappa shape index (κ2) is 5.03. The fourth-order valence-corrected chi connectivity index (χ4v) is 2.25. The van der Waals surface area contributed by atoms with Gasteiger partial charge in [0.25, 0.3) is 0 Å². The van der Waals surface area contributed by atoms with Gasteiger partial charge in [0.2, 0.25) is 0 Å². The van der Waals surface area contributed by atoms with Crippen molar-refractivity contribution in [3.8, 4) is 0 Å². The predicted octanol–water partition coefficient (Wildman–Crippen LogP) is 3.70. The van der Waals surface area contributed by atoms with Crippen LogP contribution in [0, 0.1) is 5.82 Å². The number of rotatable bonds is 3. The summed E-state index contributed by atoms with van der Waals surface area (Å²) in [5.74, 6) is 0.516. The average molecular weight is 233 g/mol. The number of nitrogen functional groups attached to an aromatic ring is 1. The molecule has 0 bridgehead atoms. The standard InChI is InChI=1S/C13H12FNS/c14-12-8-11(15)6-7-13(12)16-9-10-4-2-1-3-5-10/h1-8H,9,15H2. The third-order valence-electron chi connectivity index (χ3n) is 2.19. The summed E-state index contributed by atoms with van der Waals surface area (Å²) in [6.45, 7) is 0. The molecule has 82 valence electrons. The van der Waals surface area contributed by atoms with E-state index in [2.05, 4.69) is 0 Å². The Morgan fingerprint density at radius 3 is 2.50 bits per heavy atom. The van der Waals surface area contributed by atoms with Gasteiger partial charge in [-0.25, -0.2) is 4.39 Å². The maximum absolute atomic E-state index is 13.5. The Balaban J connectivity index is 2.05. The van der Waals surface area contributed by atoms with Crippen LogP contribution in [0.15, 0.2) is 53.4 Å². The molecule has 0 amide bonds. The largest absolute Gasteiger partial charge is 0.399 e. The SMILES string of the molecule is Nc1ccc(SCc2ccccc2)c(F)c1. The highest BCUT2D eigenvalue weighted by atomic mass is 32.2. The number of nitrogens with two attached hydrogens (primary N) is 1. The van der Waals surface area contributed by atoms with Crippen LogP contribution in [0.25, 0.3) is 0 Å². The first kappa shape index (κ1) is 11.0. The number of anilines is 1. The van der Waals surface area contributed by atoms with E-state index in [1.807, 2.05) is 30.3 Å². The molecule has 1 nitrogen and oxygen atoms in total. The van der Waals surface area contributed by atoms with E-state index in [0.717, 1.165) is 5.75 Å². The van der Waals surface area contributed by atoms with E-state index in [0.29, 0.717) is 10.6 Å². The molecule has 0 spiro atoms. The zero-order valence-corrected chi connectivity index (χ0v) is 9.51. The number of thioether (sulfide) groups is 1. The maximum Gasteiger partial charge on any atom is 0.138 e. The van der Waals surface area contributed by atoms with Crippen LogP contribution in [0.3, 0.4) is 0 Å². The van der Waals surface area contributed by atoms with Crippen LogP contribution < -0.4 is 5.73 Å². The highest BCUT2D eigenvalue weighted by molar-refractivity contribution is 7.98. The van der Waals surface area contributed by atoms with E-state index in [1.165, 1.54) is 23.4 Å². The molecule has 0 aromatic heterocycles. The van der Waals surface area contributed by atoms with Crippen molar-refractivity contribution >= 4 is 17.4 Å². The van der Waals surface area contributed by atoms with Crippen molar-refractivity contribution in [3.63, 3.8) is 0 Å². The fourth-order valence-electron chi connectivity index (χ4n) is 1.37. The van der Waals surface area contributed by atoms with Crippen molar-refractivity contribution in [2.45, 2.75) is 10.6 Å². The average Bonchev–Trinajstić information content (AvgIpc) is 2.29. The van der Waals surface area contributed by atoms with Crippen molar-refractivity contribution in [1.82, 2.24) is 0 Å². The second-order valence-electron chi connectivity index (χ2n) is 3.46. The van der Waals surface area contributed by atoms with Crippen molar-refractivity contribution in [3.05, 3.63) is 59.9 Å². The normalized spacial score (nSPS) is 10.3. The molecule has 3 heteroatoms. The van der Waals surface area contributed by atoms with E-state index in [-0.39, 0.29) is 5.82 Å². The molecule has 16 heavy (non-hydrogen) atoms. The topological polar surface area (TPSA) is 26.0 Å². The van der Waals surface area contributed by atoms with E-state index >= 15 is 0 Å². The van der Waals surface area contributed by atoms with E-state index in [9.17, 15) is 4.39 Å². The van der Waals surface area contributed by atoms with E-state index in [1.54, 1.807) is 12.1 Å². The summed E-state index contributed by atoms with van der Waals surface area (Å²) < 4.78 is 13.5. The van der Waals surface area contributed by atoms with Crippen molar-refractivity contribution in [2.24, 2.45) is 0 Å². The summed E-state index contributed by atoms with van der Waals surface area (Å²) in [6, 6.07) is 14.8. The van der Waals surface area contributed by atoms with Crippen LogP contribution in [0.5, 0.6) is 0 Å². The van der Waals surface area contributed by atoms with Crippen LogP contribution in [0.2, 0.25) is 0 Å². The molecule has 0 saturated carbocycles. The first-order valence-electron chi connectivity index (χ1n) is 4.97. The van der Waals surface area contributed by atoms with Gasteiger partial charge in [0, 0.05) is 16.3 Å². The molecule has 2 rings (SSSR count). The zero-order valence-electron chi connectivity index (χ0n) is 8.69. The van der Waals surface area contributed by atoms with Crippen LogP contribution in [0.1, 0.15) is 5.56 Å². The Kier molecular flexibility index (Phi) is 3.47. The van der Waals surface area contributed by atoms with Gasteiger partial charge in [0.15, 0.2) is 0 Å². The molecule has 2 N–H and O–H groups in total. The molecule has 0 aliphatic heterocycles. The van der Waals surface area contributed by atoms with Crippen molar-refractivity contribution in [2.75, 3.05) is 5.73 Å². The lowest BCUT2D eigenvalue weighted by atomic mass is 10.2. The molecule has 0 unspecified atom stereocenters. The quantitative estimate of drug-likeness (QED) is 0.646. The van der Waals surface area contributed by atoms with Gasteiger partial charge in [-0.05, 0) is 23.8 Å². The molecule has 0 aliphatic rings. The Morgan fingerprint density at radius 2 is 1.81 bits per heavy atom. The fraction of sp³-hybridized carbons (Fsp3) is 0.0769. The highest BCUT2D eigenvalue weighted by Crippen LogP contribution is 2.26. The van der Waals surface area contributed by atoms with Gasteiger partial charge in [0.1, 0.15) is 5.82 Å². The molecule has 2 aromatic carbocycles. The third kappa shape index (κ3) is 2.76. The number of hydrogen-bond donors (Lipinski definition) is 1. The van der Waals surface area contributed by atoms with Gasteiger partial charge in [-0.1, -0.05) is 30.3 Å². The van der Waals surface area contributed by atoms with Gasteiger partial charge in [-0.3, -0.25) is 0 Å². The summed E-state index contributed by atoms with van der Waals surface area (Å²) in [6.07, 6.45) is 0. The summed E-state index contributed by atoms with van der Waals surface area (Å²) in [4.78, 5) is 0.637. The summed E-state index contributed by atoms with van der Waals surface area (Å²) in [5.41, 5.74) is 7.13. The molecule has 0 saturated heterocycles. The zero-order chi connectivity index (χ0) is 11.4. The lowest BCUT2D eigenvalue weighted by Gasteiger charge is -2.04. The van der Waals surface area contributed by atoms with Crippen LogP contribution in [0.4, 0.5) is 10.1 Å². The lowest BCUT2D eigenvalue weighted by Crippen LogP contribution is -1.88. The molecular weight excluding hydrogens is 221 g/mol. The van der Waals surface area contributed by atoms with Gasteiger partial charge in [-0.2, -0.15) is 0 Å². The van der Waals surface area contributed by atoms with Gasteiger partial charge in [-0.15, -0.1) is 11.8 Å². The highest BCUT2D eigenvalue weighted by Gasteiger charge is 2.03. The Hall–Kier alpha value is -1.48. The van der Waals surface area contributed by atoms with Crippen LogP contribution >= 0.6 is 11.8 Å². The van der Waals surface area contributed by atoms with Crippen molar-refractivity contribution in [1.29, 1.82) is 0 Å². The third-order valence-corrected chi connectivity index (χ3v) is 3.31. The Labute approximate surface area is 98.5 Å². The molecule has 0 fully saturated rings. The van der Waals surface area contributed by atoms with Crippen molar-refractivity contribution < 1.29 is 4.39 Å². The second-order valence-corrected chi connectivity index (χ2v) is 4.48. The minimum atomic E-state index is -0.249. The number of hydrogen-bond acceptors (Lipinski definition) is 2. The first-order chi connectivity index (χ1) is 7.75. The number of halogens is 1. The molecule has 0 aliphatic carbocycles. The van der Waals surface area contributed by atoms with Gasteiger partial charge in [0.05, 0.1) is 0 Å². The van der Waals surface area contributed by atoms with Crippen LogP contribution in [-0.4, -0.2) is 0 Å². The molecule has 0 atom stereocenters. The Bertz CT molecular complexity index is 471. The smallest absolute Gasteiger partial charge is 0.138 e. The Morgan fingerprint density at radius 1 is 1.06 bits per heavy atom. The van der Waals surface area contributed by atoms with Gasteiger partial charge >= 0.3 is 0 Å². The monoisotopic (exact) mass is 233 g/mol. The first-order valence-corrected chi connectivity index (χ1v) is 5.96. The lowest BCUT2D eigenvalue weighted by molar-refractivity contribution is 0.603. The number of benzene rings is 2. The van der Waals surface area contributed by atoms with Crippen LogP contribution in [-0.2, 0) is 5.75 Å².